The summed E-state index contributed by atoms with van der Waals surface area (Å²) in [5, 5.41) is 18.6. The Morgan fingerprint density at radius 1 is 1.02 bits per heavy atom. The molecule has 0 bridgehead atoms. The number of carbonyl (C=O) groups excluding carboxylic acids is 3. The number of hydrogen-bond donors (Lipinski definition) is 5. The number of rotatable bonds is 10. The van der Waals surface area contributed by atoms with Crippen LogP contribution in [0.4, 0.5) is 11.4 Å². The van der Waals surface area contributed by atoms with Crippen LogP contribution in [-0.4, -0.2) is 66.5 Å². The fraction of sp³-hybridized carbons (Fsp3) is 0.226. The van der Waals surface area contributed by atoms with E-state index in [0.29, 0.717) is 65.4 Å². The first kappa shape index (κ1) is 28.5. The topological polar surface area (TPSA) is 149 Å². The molecule has 1 saturated heterocycles. The summed E-state index contributed by atoms with van der Waals surface area (Å²) >= 11 is 0. The lowest BCUT2D eigenvalue weighted by molar-refractivity contribution is -0.124. The molecule has 216 valence electrons. The highest BCUT2D eigenvalue weighted by molar-refractivity contribution is 6.37. The van der Waals surface area contributed by atoms with E-state index in [1.807, 2.05) is 42.2 Å². The molecule has 2 heterocycles. The predicted octanol–water partition coefficient (Wildman–Crippen LogP) is 2.97. The first-order valence-corrected chi connectivity index (χ1v) is 13.6. The third kappa shape index (κ3) is 6.32. The summed E-state index contributed by atoms with van der Waals surface area (Å²) in [6.45, 7) is 4.26. The maximum atomic E-state index is 13.3. The van der Waals surface area contributed by atoms with Crippen LogP contribution >= 0.6 is 0 Å². The van der Waals surface area contributed by atoms with Gasteiger partial charge in [-0.05, 0) is 53.9 Å². The number of carboxylic acid groups (broad SMARTS) is 1. The zero-order valence-electron chi connectivity index (χ0n) is 23.0. The second-order valence-electron chi connectivity index (χ2n) is 9.89. The van der Waals surface area contributed by atoms with Gasteiger partial charge < -0.3 is 21.1 Å². The van der Waals surface area contributed by atoms with Crippen molar-refractivity contribution in [3.63, 3.8) is 0 Å². The highest BCUT2D eigenvalue weighted by Crippen LogP contribution is 2.39. The maximum Gasteiger partial charge on any atom is 0.336 e. The fourth-order valence-electron chi connectivity index (χ4n) is 4.97. The van der Waals surface area contributed by atoms with Crippen molar-refractivity contribution in [1.29, 1.82) is 0 Å². The van der Waals surface area contributed by atoms with E-state index < -0.39 is 11.9 Å². The second kappa shape index (κ2) is 12.7. The van der Waals surface area contributed by atoms with Gasteiger partial charge in [0, 0.05) is 36.4 Å². The number of amides is 3. The van der Waals surface area contributed by atoms with Crippen LogP contribution in [0.5, 0.6) is 0 Å². The Bertz CT molecular complexity index is 1550. The summed E-state index contributed by atoms with van der Waals surface area (Å²) in [6.07, 6.45) is 0.493. The van der Waals surface area contributed by atoms with Gasteiger partial charge in [-0.3, -0.25) is 24.1 Å². The third-order valence-electron chi connectivity index (χ3n) is 7.12. The Morgan fingerprint density at radius 3 is 2.48 bits per heavy atom. The van der Waals surface area contributed by atoms with E-state index >= 15 is 0 Å². The molecule has 0 aromatic heterocycles. The van der Waals surface area contributed by atoms with Crippen LogP contribution in [-0.2, 0) is 20.8 Å². The van der Waals surface area contributed by atoms with Gasteiger partial charge >= 0.3 is 5.97 Å². The van der Waals surface area contributed by atoms with Gasteiger partial charge in [0.15, 0.2) is 0 Å². The molecule has 3 aromatic rings. The van der Waals surface area contributed by atoms with E-state index in [1.54, 1.807) is 30.3 Å². The Hall–Kier alpha value is -5.00. The SMILES string of the molecule is CCc1cc2c(cc1C(=O)O)NC(=O)C2=C(Nc1ccc(C(=O)NOCCN2CCNC(=O)C2)cc1)c1ccccc1. The average Bonchev–Trinajstić information content (AvgIpc) is 3.32. The molecule has 2 aliphatic rings. The smallest absolute Gasteiger partial charge is 0.336 e. The number of aryl methyl sites for hydroxylation is 1. The molecule has 0 spiro atoms. The van der Waals surface area contributed by atoms with Gasteiger partial charge in [-0.2, -0.15) is 0 Å². The number of nitrogens with zero attached hydrogens (tertiary/aromatic N) is 1. The fourth-order valence-corrected chi connectivity index (χ4v) is 4.97. The van der Waals surface area contributed by atoms with Gasteiger partial charge in [0.1, 0.15) is 0 Å². The van der Waals surface area contributed by atoms with Gasteiger partial charge in [0.25, 0.3) is 11.8 Å². The molecule has 0 unspecified atom stereocenters. The number of hydroxylamine groups is 1. The molecule has 42 heavy (non-hydrogen) atoms. The molecule has 3 amide bonds. The van der Waals surface area contributed by atoms with Gasteiger partial charge in [-0.15, -0.1) is 0 Å². The minimum Gasteiger partial charge on any atom is -0.478 e. The lowest BCUT2D eigenvalue weighted by Gasteiger charge is -2.25. The van der Waals surface area contributed by atoms with Crippen LogP contribution in [0, 0.1) is 0 Å². The highest BCUT2D eigenvalue weighted by atomic mass is 16.7. The van der Waals surface area contributed by atoms with E-state index in [1.165, 1.54) is 6.07 Å². The van der Waals surface area contributed by atoms with Crippen molar-refractivity contribution in [1.82, 2.24) is 15.7 Å². The zero-order chi connectivity index (χ0) is 29.6. The van der Waals surface area contributed by atoms with Crippen molar-refractivity contribution >= 4 is 46.3 Å². The molecule has 11 nitrogen and oxygen atoms in total. The van der Waals surface area contributed by atoms with Gasteiger partial charge in [0.2, 0.25) is 5.91 Å². The van der Waals surface area contributed by atoms with E-state index in [9.17, 15) is 24.3 Å². The third-order valence-corrected chi connectivity index (χ3v) is 7.12. The van der Waals surface area contributed by atoms with Crippen molar-refractivity contribution in [2.45, 2.75) is 13.3 Å². The minimum absolute atomic E-state index is 0.0270. The van der Waals surface area contributed by atoms with Crippen LogP contribution in [0.1, 0.15) is 44.3 Å². The Morgan fingerprint density at radius 2 is 1.79 bits per heavy atom. The number of piperazine rings is 1. The summed E-state index contributed by atoms with van der Waals surface area (Å²) in [4.78, 5) is 56.4. The highest BCUT2D eigenvalue weighted by Gasteiger charge is 2.30. The average molecular weight is 570 g/mol. The van der Waals surface area contributed by atoms with Crippen molar-refractivity contribution in [3.05, 3.63) is 94.5 Å². The summed E-state index contributed by atoms with van der Waals surface area (Å²) in [5.41, 5.74) is 6.99. The number of aromatic carboxylic acids is 1. The molecule has 3 aromatic carbocycles. The first-order chi connectivity index (χ1) is 20.3. The molecule has 0 atom stereocenters. The van der Waals surface area contributed by atoms with E-state index in [2.05, 4.69) is 21.4 Å². The quantitative estimate of drug-likeness (QED) is 0.142. The Labute approximate surface area is 242 Å². The summed E-state index contributed by atoms with van der Waals surface area (Å²) in [6, 6.07) is 19.3. The summed E-state index contributed by atoms with van der Waals surface area (Å²) in [7, 11) is 0. The van der Waals surface area contributed by atoms with Crippen LogP contribution < -0.4 is 21.4 Å². The molecular weight excluding hydrogens is 538 g/mol. The van der Waals surface area contributed by atoms with Crippen LogP contribution in [0.15, 0.2) is 66.7 Å². The zero-order valence-corrected chi connectivity index (χ0v) is 23.0. The first-order valence-electron chi connectivity index (χ1n) is 13.6. The Balaban J connectivity index is 1.34. The molecular formula is C31H31N5O6. The number of nitrogens with one attached hydrogen (secondary N) is 4. The molecule has 0 radical (unpaired) electrons. The molecule has 5 N–H and O–H groups in total. The van der Waals surface area contributed by atoms with Crippen LogP contribution in [0.3, 0.4) is 0 Å². The van der Waals surface area contributed by atoms with Gasteiger partial charge in [0.05, 0.1) is 35.7 Å². The van der Waals surface area contributed by atoms with E-state index in [-0.39, 0.29) is 24.0 Å². The minimum atomic E-state index is -1.05. The standard InChI is InChI=1S/C31H31N5O6/c1-2-19-16-24-25(17-23(19)31(40)41)34-30(39)27(24)28(20-6-4-3-5-7-20)33-22-10-8-21(9-11-22)29(38)35-42-15-14-36-13-12-32-26(37)18-36/h3-11,16-17,33H,2,12-15,18H2,1H3,(H,32,37)(H,34,39)(H,35,38)(H,40,41). The summed E-state index contributed by atoms with van der Waals surface area (Å²) < 4.78 is 0. The predicted molar refractivity (Wildman–Crippen MR) is 158 cm³/mol. The second-order valence-corrected chi connectivity index (χ2v) is 9.89. The molecule has 11 heteroatoms. The normalized spacial score (nSPS) is 15.8. The van der Waals surface area contributed by atoms with Crippen LogP contribution in [0.25, 0.3) is 11.3 Å². The lowest BCUT2D eigenvalue weighted by Crippen LogP contribution is -2.48. The van der Waals surface area contributed by atoms with E-state index in [0.717, 1.165) is 12.1 Å². The number of hydrogen-bond acceptors (Lipinski definition) is 7. The molecule has 0 aliphatic carbocycles. The van der Waals surface area contributed by atoms with Crippen molar-refractivity contribution in [2.75, 3.05) is 43.4 Å². The molecule has 1 fully saturated rings. The van der Waals surface area contributed by atoms with Crippen LogP contribution in [0.2, 0.25) is 0 Å². The monoisotopic (exact) mass is 569 g/mol. The number of fused-ring (bicyclic) bond motifs is 1. The van der Waals surface area contributed by atoms with Gasteiger partial charge in [-0.1, -0.05) is 37.3 Å². The molecule has 0 saturated carbocycles. The molecule has 2 aliphatic heterocycles. The number of benzene rings is 3. The molecule has 5 rings (SSSR count). The number of anilines is 2. The number of carbonyl (C=O) groups is 4. The number of carboxylic acids is 1. The van der Waals surface area contributed by atoms with E-state index in [4.69, 9.17) is 4.84 Å². The summed E-state index contributed by atoms with van der Waals surface area (Å²) in [5.74, 6) is -1.83. The van der Waals surface area contributed by atoms with Crippen molar-refractivity contribution in [3.8, 4) is 0 Å². The van der Waals surface area contributed by atoms with Crippen molar-refractivity contribution in [2.24, 2.45) is 0 Å². The largest absolute Gasteiger partial charge is 0.478 e. The van der Waals surface area contributed by atoms with Gasteiger partial charge in [-0.25, -0.2) is 10.3 Å². The lowest BCUT2D eigenvalue weighted by atomic mass is 9.95. The van der Waals surface area contributed by atoms with Crippen molar-refractivity contribution < 1.29 is 29.1 Å². The maximum absolute atomic E-state index is 13.3. The Kier molecular flexibility index (Phi) is 8.60.